The van der Waals surface area contributed by atoms with Gasteiger partial charge in [0.05, 0.1) is 21.2 Å². The lowest BCUT2D eigenvalue weighted by atomic mass is 9.73. The fraction of sp³-hybridized carbons (Fsp3) is 0.462. The third-order valence-electron chi connectivity index (χ3n) is 6.58. The fourth-order valence-corrected chi connectivity index (χ4v) is 5.52. The number of aliphatic hydroxyl groups is 1. The van der Waals surface area contributed by atoms with Gasteiger partial charge in [0, 0.05) is 11.3 Å². The van der Waals surface area contributed by atoms with Crippen molar-refractivity contribution >= 4 is 44.7 Å². The van der Waals surface area contributed by atoms with Gasteiger partial charge in [-0.2, -0.15) is 13.2 Å². The van der Waals surface area contributed by atoms with Crippen LogP contribution in [0.3, 0.4) is 0 Å². The summed E-state index contributed by atoms with van der Waals surface area (Å²) in [5.41, 5.74) is 4.36. The van der Waals surface area contributed by atoms with E-state index in [1.807, 2.05) is 31.2 Å². The maximum atomic E-state index is 13.7. The molecule has 0 aliphatic carbocycles. The Bertz CT molecular complexity index is 1130. The Labute approximate surface area is 202 Å². The Kier molecular flexibility index (Phi) is 8.21. The van der Waals surface area contributed by atoms with Crippen LogP contribution in [0.15, 0.2) is 36.4 Å². The van der Waals surface area contributed by atoms with E-state index < -0.39 is 27.4 Å². The fourth-order valence-electron chi connectivity index (χ4n) is 4.80. The highest BCUT2D eigenvalue weighted by atomic mass is 35.5. The molecule has 0 spiro atoms. The van der Waals surface area contributed by atoms with Gasteiger partial charge in [0.2, 0.25) is 0 Å². The molecule has 0 aromatic heterocycles. The summed E-state index contributed by atoms with van der Waals surface area (Å²) < 4.78 is 41.2. The van der Waals surface area contributed by atoms with Crippen molar-refractivity contribution in [1.82, 2.24) is 0 Å². The Morgan fingerprint density at radius 2 is 1.58 bits per heavy atom. The van der Waals surface area contributed by atoms with Crippen molar-refractivity contribution in [3.8, 4) is 0 Å². The van der Waals surface area contributed by atoms with Gasteiger partial charge >= 0.3 is 6.18 Å². The predicted octanol–water partition coefficient (Wildman–Crippen LogP) is 8.46. The second-order valence-electron chi connectivity index (χ2n) is 8.71. The number of fused-ring (bicyclic) bond motifs is 3. The SMILES string of the molecule is CCCCC(CN)C(O)(CCCC)c1cc2c(Cl)c(C(F)(F)F)c(Cl)cc2c2ccccc12. The summed E-state index contributed by atoms with van der Waals surface area (Å²) in [4.78, 5) is 0. The highest BCUT2D eigenvalue weighted by Gasteiger charge is 2.40. The largest absolute Gasteiger partial charge is 0.419 e. The molecule has 2 unspecified atom stereocenters. The molecule has 3 rings (SSSR count). The van der Waals surface area contributed by atoms with Gasteiger partial charge in [-0.1, -0.05) is 87.0 Å². The van der Waals surface area contributed by atoms with Crippen LogP contribution in [0.4, 0.5) is 13.2 Å². The van der Waals surface area contributed by atoms with Crippen molar-refractivity contribution in [2.24, 2.45) is 11.7 Å². The normalized spacial score (nSPS) is 15.2. The molecule has 2 atom stereocenters. The molecule has 0 bridgehead atoms. The number of alkyl halides is 3. The van der Waals surface area contributed by atoms with Gasteiger partial charge in [-0.05, 0) is 53.2 Å². The third-order valence-corrected chi connectivity index (χ3v) is 7.27. The highest BCUT2D eigenvalue weighted by molar-refractivity contribution is 6.41. The van der Waals surface area contributed by atoms with Gasteiger partial charge in [-0.3, -0.25) is 0 Å². The smallest absolute Gasteiger partial charge is 0.385 e. The molecule has 0 radical (unpaired) electrons. The minimum Gasteiger partial charge on any atom is -0.385 e. The van der Waals surface area contributed by atoms with Crippen molar-refractivity contribution in [3.63, 3.8) is 0 Å². The number of benzene rings is 3. The Balaban J connectivity index is 2.42. The molecule has 3 N–H and O–H groups in total. The molecule has 0 fully saturated rings. The van der Waals surface area contributed by atoms with Gasteiger partial charge in [-0.15, -0.1) is 0 Å². The molecule has 0 heterocycles. The molecule has 3 aromatic rings. The lowest BCUT2D eigenvalue weighted by Crippen LogP contribution is -2.40. The first-order chi connectivity index (χ1) is 15.6. The molecular weight excluding hydrogens is 470 g/mol. The molecule has 0 saturated carbocycles. The van der Waals surface area contributed by atoms with E-state index in [0.717, 1.165) is 37.5 Å². The predicted molar refractivity (Wildman–Crippen MR) is 132 cm³/mol. The number of hydrogen-bond acceptors (Lipinski definition) is 2. The molecule has 0 amide bonds. The molecule has 180 valence electrons. The van der Waals surface area contributed by atoms with Crippen LogP contribution < -0.4 is 5.73 Å². The Morgan fingerprint density at radius 3 is 2.15 bits per heavy atom. The van der Waals surface area contributed by atoms with Gasteiger partial charge in [0.25, 0.3) is 0 Å². The highest BCUT2D eigenvalue weighted by Crippen LogP contribution is 2.48. The van der Waals surface area contributed by atoms with Crippen LogP contribution in [-0.2, 0) is 11.8 Å². The van der Waals surface area contributed by atoms with E-state index >= 15 is 0 Å². The van der Waals surface area contributed by atoms with E-state index in [1.165, 1.54) is 6.07 Å². The summed E-state index contributed by atoms with van der Waals surface area (Å²) in [6.45, 7) is 4.39. The van der Waals surface area contributed by atoms with Gasteiger partial charge in [0.1, 0.15) is 0 Å². The maximum absolute atomic E-state index is 13.7. The topological polar surface area (TPSA) is 46.2 Å². The van der Waals surface area contributed by atoms with Gasteiger partial charge in [-0.25, -0.2) is 0 Å². The number of nitrogens with two attached hydrogens (primary N) is 1. The number of rotatable bonds is 9. The summed E-state index contributed by atoms with van der Waals surface area (Å²) in [7, 11) is 0. The average molecular weight is 500 g/mol. The van der Waals surface area contributed by atoms with Crippen LogP contribution in [0.1, 0.15) is 63.5 Å². The van der Waals surface area contributed by atoms with Crippen LogP contribution in [-0.4, -0.2) is 11.7 Å². The standard InChI is InChI=1S/C26H30Cl2F3NO/c1-3-5-9-16(15-32)25(33,12-6-4-2)21-13-20-19(17-10-7-8-11-18(17)21)14-22(27)23(24(20)28)26(29,30)31/h7-8,10-11,13-14,16,33H,3-6,9,12,15,32H2,1-2H3. The first-order valence-electron chi connectivity index (χ1n) is 11.4. The molecule has 2 nitrogen and oxygen atoms in total. The first kappa shape index (κ1) is 26.1. The van der Waals surface area contributed by atoms with E-state index in [1.54, 1.807) is 6.07 Å². The zero-order valence-electron chi connectivity index (χ0n) is 18.9. The Hall–Kier alpha value is -1.53. The zero-order valence-corrected chi connectivity index (χ0v) is 20.4. The number of halogens is 5. The van der Waals surface area contributed by atoms with E-state index in [9.17, 15) is 18.3 Å². The van der Waals surface area contributed by atoms with Crippen molar-refractivity contribution in [3.05, 3.63) is 57.6 Å². The van der Waals surface area contributed by atoms with E-state index in [0.29, 0.717) is 22.8 Å². The molecule has 3 aromatic carbocycles. The lowest BCUT2D eigenvalue weighted by Gasteiger charge is -2.38. The summed E-state index contributed by atoms with van der Waals surface area (Å²) in [5.74, 6) is -0.238. The second-order valence-corrected chi connectivity index (χ2v) is 9.50. The lowest BCUT2D eigenvalue weighted by molar-refractivity contribution is -0.137. The average Bonchev–Trinajstić information content (AvgIpc) is 2.76. The van der Waals surface area contributed by atoms with Crippen LogP contribution in [0, 0.1) is 5.92 Å². The van der Waals surface area contributed by atoms with Crippen LogP contribution >= 0.6 is 23.2 Å². The monoisotopic (exact) mass is 499 g/mol. The van der Waals surface area contributed by atoms with E-state index in [-0.39, 0.29) is 17.8 Å². The van der Waals surface area contributed by atoms with Crippen LogP contribution in [0.2, 0.25) is 10.0 Å². The maximum Gasteiger partial charge on any atom is 0.419 e. The summed E-state index contributed by atoms with van der Waals surface area (Å²) in [5, 5.41) is 13.5. The van der Waals surface area contributed by atoms with Crippen molar-refractivity contribution in [1.29, 1.82) is 0 Å². The van der Waals surface area contributed by atoms with Crippen molar-refractivity contribution in [2.45, 2.75) is 64.1 Å². The van der Waals surface area contributed by atoms with E-state index in [2.05, 4.69) is 6.92 Å². The van der Waals surface area contributed by atoms with Crippen molar-refractivity contribution < 1.29 is 18.3 Å². The zero-order chi connectivity index (χ0) is 24.4. The van der Waals surface area contributed by atoms with Crippen LogP contribution in [0.25, 0.3) is 21.5 Å². The molecule has 0 saturated heterocycles. The Morgan fingerprint density at radius 1 is 0.939 bits per heavy atom. The quantitative estimate of drug-likeness (QED) is 0.290. The number of hydrogen-bond donors (Lipinski definition) is 2. The van der Waals surface area contributed by atoms with Crippen LogP contribution in [0.5, 0.6) is 0 Å². The summed E-state index contributed by atoms with van der Waals surface area (Å²) in [6, 6.07) is 10.3. The molecule has 0 aliphatic rings. The second kappa shape index (κ2) is 10.4. The molecule has 7 heteroatoms. The summed E-state index contributed by atoms with van der Waals surface area (Å²) >= 11 is 12.4. The minimum atomic E-state index is -4.70. The molecule has 33 heavy (non-hydrogen) atoms. The van der Waals surface area contributed by atoms with Crippen molar-refractivity contribution in [2.75, 3.05) is 6.54 Å². The number of unbranched alkanes of at least 4 members (excludes halogenated alkanes) is 2. The minimum absolute atomic E-state index is 0.225. The summed E-state index contributed by atoms with van der Waals surface area (Å²) in [6.07, 6.45) is -0.0349. The van der Waals surface area contributed by atoms with Gasteiger partial charge in [0.15, 0.2) is 0 Å². The van der Waals surface area contributed by atoms with E-state index in [4.69, 9.17) is 28.9 Å². The molecule has 0 aliphatic heterocycles. The van der Waals surface area contributed by atoms with Gasteiger partial charge < -0.3 is 10.8 Å². The molecular formula is C26H30Cl2F3NO. The first-order valence-corrected chi connectivity index (χ1v) is 12.2. The third kappa shape index (κ3) is 4.97.